The molecule has 0 saturated carbocycles. The van der Waals surface area contributed by atoms with Gasteiger partial charge in [-0.25, -0.2) is 9.59 Å². The van der Waals surface area contributed by atoms with Crippen LogP contribution in [0, 0.1) is 0 Å². The van der Waals surface area contributed by atoms with Gasteiger partial charge in [-0.2, -0.15) is 0 Å². The van der Waals surface area contributed by atoms with Crippen molar-refractivity contribution in [3.63, 3.8) is 0 Å². The SMILES string of the molecule is O=C(O)Oc1ccc(Cc2ccc(OC(=O)O)cc2)cc1. The van der Waals surface area contributed by atoms with E-state index in [1.807, 2.05) is 0 Å². The number of hydrogen-bond acceptors (Lipinski definition) is 4. The molecule has 0 heterocycles. The third-order valence-corrected chi connectivity index (χ3v) is 2.67. The van der Waals surface area contributed by atoms with Crippen molar-refractivity contribution in [2.24, 2.45) is 0 Å². The summed E-state index contributed by atoms with van der Waals surface area (Å²) < 4.78 is 9.03. The van der Waals surface area contributed by atoms with Gasteiger partial charge in [-0.05, 0) is 41.8 Å². The summed E-state index contributed by atoms with van der Waals surface area (Å²) in [5.74, 6) is 0.521. The fraction of sp³-hybridized carbons (Fsp3) is 0.0667. The highest BCUT2D eigenvalue weighted by Gasteiger charge is 2.03. The Morgan fingerprint density at radius 2 is 1.05 bits per heavy atom. The molecule has 6 nitrogen and oxygen atoms in total. The standard InChI is InChI=1S/C15H12O6/c16-14(17)20-12-5-1-10(2-6-12)9-11-3-7-13(8-4-11)21-15(18)19/h1-8H,9H2,(H,16,17)(H,18,19). The summed E-state index contributed by atoms with van der Waals surface area (Å²) in [7, 11) is 0. The lowest BCUT2D eigenvalue weighted by Crippen LogP contribution is -2.03. The molecule has 0 saturated heterocycles. The molecule has 108 valence electrons. The summed E-state index contributed by atoms with van der Waals surface area (Å²) in [5.41, 5.74) is 1.94. The van der Waals surface area contributed by atoms with E-state index in [9.17, 15) is 9.59 Å². The molecule has 0 aromatic heterocycles. The number of carbonyl (C=O) groups is 2. The van der Waals surface area contributed by atoms with Crippen LogP contribution in [-0.4, -0.2) is 22.5 Å². The molecule has 0 spiro atoms. The van der Waals surface area contributed by atoms with Gasteiger partial charge in [0.1, 0.15) is 11.5 Å². The summed E-state index contributed by atoms with van der Waals surface area (Å²) in [6.45, 7) is 0. The maximum atomic E-state index is 10.4. The molecule has 0 amide bonds. The Hall–Kier alpha value is -3.02. The predicted molar refractivity (Wildman–Crippen MR) is 73.0 cm³/mol. The summed E-state index contributed by atoms with van der Waals surface area (Å²) in [4.78, 5) is 20.8. The van der Waals surface area contributed by atoms with Crippen molar-refractivity contribution in [1.82, 2.24) is 0 Å². The molecular formula is C15H12O6. The van der Waals surface area contributed by atoms with E-state index in [0.717, 1.165) is 11.1 Å². The lowest BCUT2D eigenvalue weighted by Gasteiger charge is -2.05. The van der Waals surface area contributed by atoms with Gasteiger partial charge in [0.25, 0.3) is 0 Å². The van der Waals surface area contributed by atoms with E-state index in [0.29, 0.717) is 6.42 Å². The second-order valence-electron chi connectivity index (χ2n) is 4.20. The van der Waals surface area contributed by atoms with Crippen molar-refractivity contribution < 1.29 is 29.3 Å². The van der Waals surface area contributed by atoms with Gasteiger partial charge in [-0.15, -0.1) is 0 Å². The zero-order valence-electron chi connectivity index (χ0n) is 10.9. The van der Waals surface area contributed by atoms with Crippen LogP contribution in [0.2, 0.25) is 0 Å². The van der Waals surface area contributed by atoms with Crippen LogP contribution in [0.4, 0.5) is 9.59 Å². The fourth-order valence-electron chi connectivity index (χ4n) is 1.79. The van der Waals surface area contributed by atoms with Crippen LogP contribution >= 0.6 is 0 Å². The lowest BCUT2D eigenvalue weighted by atomic mass is 10.0. The predicted octanol–water partition coefficient (Wildman–Crippen LogP) is 3.39. The molecule has 2 rings (SSSR count). The number of rotatable bonds is 4. The number of ether oxygens (including phenoxy) is 2. The Balaban J connectivity index is 2.01. The Bertz CT molecular complexity index is 573. The van der Waals surface area contributed by atoms with E-state index in [4.69, 9.17) is 10.2 Å². The molecule has 0 fully saturated rings. The number of carboxylic acid groups (broad SMARTS) is 2. The summed E-state index contributed by atoms with van der Waals surface area (Å²) in [5, 5.41) is 17.0. The number of hydrogen-bond donors (Lipinski definition) is 2. The Morgan fingerprint density at radius 1 is 0.714 bits per heavy atom. The van der Waals surface area contributed by atoms with Crippen molar-refractivity contribution in [1.29, 1.82) is 0 Å². The van der Waals surface area contributed by atoms with Crippen molar-refractivity contribution in [2.45, 2.75) is 6.42 Å². The fourth-order valence-corrected chi connectivity index (χ4v) is 1.79. The van der Waals surface area contributed by atoms with Gasteiger partial charge in [0.2, 0.25) is 0 Å². The van der Waals surface area contributed by atoms with Crippen molar-refractivity contribution in [3.8, 4) is 11.5 Å². The molecule has 21 heavy (non-hydrogen) atoms. The van der Waals surface area contributed by atoms with Crippen LogP contribution < -0.4 is 9.47 Å². The molecule has 0 aliphatic carbocycles. The van der Waals surface area contributed by atoms with E-state index in [-0.39, 0.29) is 11.5 Å². The van der Waals surface area contributed by atoms with Crippen molar-refractivity contribution in [3.05, 3.63) is 59.7 Å². The molecule has 2 N–H and O–H groups in total. The summed E-state index contributed by atoms with van der Waals surface area (Å²) >= 11 is 0. The Labute approximate surface area is 120 Å². The first kappa shape index (κ1) is 14.4. The highest BCUT2D eigenvalue weighted by atomic mass is 16.7. The molecule has 0 aliphatic rings. The van der Waals surface area contributed by atoms with E-state index in [1.54, 1.807) is 48.5 Å². The zero-order valence-corrected chi connectivity index (χ0v) is 10.9. The van der Waals surface area contributed by atoms with Crippen molar-refractivity contribution >= 4 is 12.3 Å². The summed E-state index contributed by atoms with van der Waals surface area (Å²) in [6, 6.07) is 13.4. The van der Waals surface area contributed by atoms with Gasteiger partial charge < -0.3 is 19.7 Å². The Morgan fingerprint density at radius 3 is 1.33 bits per heavy atom. The first-order valence-corrected chi connectivity index (χ1v) is 6.02. The van der Waals surface area contributed by atoms with Crippen molar-refractivity contribution in [2.75, 3.05) is 0 Å². The average molecular weight is 288 g/mol. The average Bonchev–Trinajstić information content (AvgIpc) is 2.42. The second-order valence-corrected chi connectivity index (χ2v) is 4.20. The van der Waals surface area contributed by atoms with Crippen LogP contribution in [-0.2, 0) is 6.42 Å². The first-order valence-electron chi connectivity index (χ1n) is 6.02. The topological polar surface area (TPSA) is 93.1 Å². The third-order valence-electron chi connectivity index (χ3n) is 2.67. The maximum absolute atomic E-state index is 10.4. The van der Waals surface area contributed by atoms with Crippen LogP contribution in [0.15, 0.2) is 48.5 Å². The normalized spacial score (nSPS) is 9.90. The molecule has 0 aliphatic heterocycles. The number of benzene rings is 2. The van der Waals surface area contributed by atoms with E-state index in [2.05, 4.69) is 9.47 Å². The van der Waals surface area contributed by atoms with Crippen LogP contribution in [0.1, 0.15) is 11.1 Å². The monoisotopic (exact) mass is 288 g/mol. The largest absolute Gasteiger partial charge is 0.511 e. The van der Waals surface area contributed by atoms with Crippen LogP contribution in [0.25, 0.3) is 0 Å². The van der Waals surface area contributed by atoms with Gasteiger partial charge in [0.05, 0.1) is 0 Å². The molecule has 0 atom stereocenters. The summed E-state index contributed by atoms with van der Waals surface area (Å²) in [6.07, 6.45) is -2.07. The van der Waals surface area contributed by atoms with Crippen LogP contribution in [0.3, 0.4) is 0 Å². The molecule has 2 aromatic rings. The highest BCUT2D eigenvalue weighted by Crippen LogP contribution is 2.18. The molecule has 6 heteroatoms. The van der Waals surface area contributed by atoms with Gasteiger partial charge >= 0.3 is 12.3 Å². The first-order chi connectivity index (χ1) is 10.0. The second kappa shape index (κ2) is 6.42. The quantitative estimate of drug-likeness (QED) is 0.661. The van der Waals surface area contributed by atoms with E-state index >= 15 is 0 Å². The van der Waals surface area contributed by atoms with Gasteiger partial charge in [-0.3, -0.25) is 0 Å². The van der Waals surface area contributed by atoms with Crippen LogP contribution in [0.5, 0.6) is 11.5 Å². The molecular weight excluding hydrogens is 276 g/mol. The maximum Gasteiger partial charge on any atom is 0.511 e. The van der Waals surface area contributed by atoms with Gasteiger partial charge in [-0.1, -0.05) is 24.3 Å². The third kappa shape index (κ3) is 4.54. The lowest BCUT2D eigenvalue weighted by molar-refractivity contribution is 0.143. The minimum atomic E-state index is -1.35. The van der Waals surface area contributed by atoms with E-state index in [1.165, 1.54) is 0 Å². The molecule has 2 aromatic carbocycles. The van der Waals surface area contributed by atoms with Gasteiger partial charge in [0, 0.05) is 0 Å². The van der Waals surface area contributed by atoms with Gasteiger partial charge in [0.15, 0.2) is 0 Å². The smallest absolute Gasteiger partial charge is 0.449 e. The minimum absolute atomic E-state index is 0.261. The molecule has 0 bridgehead atoms. The zero-order chi connectivity index (χ0) is 15.2. The Kier molecular flexibility index (Phi) is 4.40. The molecule has 0 radical (unpaired) electrons. The highest BCUT2D eigenvalue weighted by molar-refractivity contribution is 5.61. The molecule has 0 unspecified atom stereocenters. The minimum Gasteiger partial charge on any atom is -0.449 e. The van der Waals surface area contributed by atoms with E-state index < -0.39 is 12.3 Å².